The maximum Gasteiger partial charge on any atom is 0.282 e. The third kappa shape index (κ3) is 4.89. The fourth-order valence-corrected chi connectivity index (χ4v) is 4.21. The van der Waals surface area contributed by atoms with Gasteiger partial charge in [0.1, 0.15) is 0 Å². The van der Waals surface area contributed by atoms with Gasteiger partial charge in [-0.15, -0.1) is 11.6 Å². The minimum Gasteiger partial charge on any atom is -0.289 e. The Morgan fingerprint density at radius 1 is 1.30 bits per heavy atom. The molecule has 0 aromatic heterocycles. The van der Waals surface area contributed by atoms with Gasteiger partial charge in [0.15, 0.2) is 0 Å². The third-order valence-corrected chi connectivity index (χ3v) is 6.05. The van der Waals surface area contributed by atoms with Crippen molar-refractivity contribution < 1.29 is 18.4 Å². The molecule has 0 bridgehead atoms. The zero-order valence-electron chi connectivity index (χ0n) is 12.6. The first-order valence-electron chi connectivity index (χ1n) is 7.29. The van der Waals surface area contributed by atoms with Gasteiger partial charge in [-0.05, 0) is 18.4 Å². The number of halogens is 1. The quantitative estimate of drug-likeness (QED) is 0.448. The predicted molar refractivity (Wildman–Crippen MR) is 86.1 cm³/mol. The van der Waals surface area contributed by atoms with Gasteiger partial charge in [0.2, 0.25) is 0 Å². The Labute approximate surface area is 141 Å². The number of rotatable bonds is 6. The average Bonchev–Trinajstić information content (AvgIpc) is 2.55. The molecular formula is C14H20ClN3O4S. The van der Waals surface area contributed by atoms with Crippen molar-refractivity contribution in [2.24, 2.45) is 0 Å². The van der Waals surface area contributed by atoms with Crippen LogP contribution in [-0.4, -0.2) is 53.2 Å². The minimum absolute atomic E-state index is 0.0234. The number of hydroxylamine groups is 1. The van der Waals surface area contributed by atoms with Crippen LogP contribution in [-0.2, 0) is 21.5 Å². The third-order valence-electron chi connectivity index (χ3n) is 3.68. The van der Waals surface area contributed by atoms with Crippen molar-refractivity contribution >= 4 is 27.7 Å². The summed E-state index contributed by atoms with van der Waals surface area (Å²) in [5, 5.41) is 8.69. The molecule has 0 spiro atoms. The van der Waals surface area contributed by atoms with Gasteiger partial charge in [-0.2, -0.15) is 17.0 Å². The summed E-state index contributed by atoms with van der Waals surface area (Å²) in [5.74, 6) is -0.781. The van der Waals surface area contributed by atoms with Crippen LogP contribution < -0.4 is 5.48 Å². The lowest BCUT2D eigenvalue weighted by atomic mass is 10.2. The van der Waals surface area contributed by atoms with Gasteiger partial charge in [-0.1, -0.05) is 30.3 Å². The number of nitrogens with one attached hydrogen (secondary N) is 1. The van der Waals surface area contributed by atoms with Crippen LogP contribution in [0.3, 0.4) is 0 Å². The number of amides is 1. The molecule has 1 aromatic carbocycles. The number of benzene rings is 1. The summed E-state index contributed by atoms with van der Waals surface area (Å²) in [4.78, 5) is 11.5. The summed E-state index contributed by atoms with van der Waals surface area (Å²) in [5.41, 5.74) is 2.24. The van der Waals surface area contributed by atoms with Gasteiger partial charge >= 0.3 is 0 Å². The molecule has 0 unspecified atom stereocenters. The van der Waals surface area contributed by atoms with Crippen molar-refractivity contribution in [1.29, 1.82) is 0 Å². The van der Waals surface area contributed by atoms with Gasteiger partial charge in [-0.3, -0.25) is 10.0 Å². The van der Waals surface area contributed by atoms with E-state index in [2.05, 4.69) is 0 Å². The van der Waals surface area contributed by atoms with Crippen molar-refractivity contribution in [3.05, 3.63) is 35.9 Å². The highest BCUT2D eigenvalue weighted by molar-refractivity contribution is 7.86. The molecule has 128 valence electrons. The minimum atomic E-state index is -3.81. The molecule has 1 aliphatic heterocycles. The van der Waals surface area contributed by atoms with E-state index in [-0.39, 0.29) is 11.9 Å². The van der Waals surface area contributed by atoms with E-state index in [9.17, 15) is 13.2 Å². The van der Waals surface area contributed by atoms with E-state index >= 15 is 0 Å². The van der Waals surface area contributed by atoms with Gasteiger partial charge in [0.05, 0.1) is 6.54 Å². The molecule has 1 aromatic rings. The van der Waals surface area contributed by atoms with Crippen LogP contribution in [0.25, 0.3) is 0 Å². The number of nitrogens with zero attached hydrogens (tertiary/aromatic N) is 2. The van der Waals surface area contributed by atoms with Crippen LogP contribution in [0, 0.1) is 0 Å². The maximum atomic E-state index is 12.8. The number of alkyl halides is 1. The second-order valence-electron chi connectivity index (χ2n) is 5.37. The van der Waals surface area contributed by atoms with Crippen LogP contribution in [0.5, 0.6) is 0 Å². The zero-order valence-corrected chi connectivity index (χ0v) is 14.1. The highest BCUT2D eigenvalue weighted by atomic mass is 35.5. The summed E-state index contributed by atoms with van der Waals surface area (Å²) in [6.45, 7) is 0.247. The molecule has 1 amide bonds. The molecule has 1 aliphatic rings. The Hall–Kier alpha value is -1.19. The number of carbonyl (C=O) groups is 1. The van der Waals surface area contributed by atoms with Crippen molar-refractivity contribution in [3.8, 4) is 0 Å². The maximum absolute atomic E-state index is 12.8. The van der Waals surface area contributed by atoms with Crippen molar-refractivity contribution in [1.82, 2.24) is 14.1 Å². The molecule has 2 N–H and O–H groups in total. The van der Waals surface area contributed by atoms with Crippen molar-refractivity contribution in [3.63, 3.8) is 0 Å². The largest absolute Gasteiger partial charge is 0.289 e. The lowest BCUT2D eigenvalue weighted by Gasteiger charge is -2.33. The normalized spacial score (nSPS) is 17.3. The van der Waals surface area contributed by atoms with Crippen LogP contribution >= 0.6 is 11.6 Å². The Balaban J connectivity index is 2.19. The SMILES string of the molecule is O=C(CN(Cc1ccccc1)S(=O)(=O)N1CCC(Cl)CC1)NO. The molecule has 0 atom stereocenters. The van der Waals surface area contributed by atoms with E-state index in [0.29, 0.717) is 25.9 Å². The lowest BCUT2D eigenvalue weighted by Crippen LogP contribution is -2.49. The molecule has 0 saturated carbocycles. The second-order valence-corrected chi connectivity index (χ2v) is 7.92. The van der Waals surface area contributed by atoms with E-state index in [0.717, 1.165) is 9.87 Å². The van der Waals surface area contributed by atoms with Gasteiger partial charge in [-0.25, -0.2) is 5.48 Å². The van der Waals surface area contributed by atoms with Crippen LogP contribution in [0.1, 0.15) is 18.4 Å². The first kappa shape index (κ1) is 18.2. The summed E-state index contributed by atoms with van der Waals surface area (Å²) in [6.07, 6.45) is 1.15. The zero-order chi connectivity index (χ0) is 16.9. The highest BCUT2D eigenvalue weighted by Crippen LogP contribution is 2.21. The van der Waals surface area contributed by atoms with E-state index in [1.165, 1.54) is 9.79 Å². The topological polar surface area (TPSA) is 90.0 Å². The number of carbonyl (C=O) groups excluding carboxylic acids is 1. The first-order valence-corrected chi connectivity index (χ1v) is 9.13. The molecule has 9 heteroatoms. The number of hydrogen-bond acceptors (Lipinski definition) is 4. The van der Waals surface area contributed by atoms with E-state index < -0.39 is 22.7 Å². The molecule has 0 radical (unpaired) electrons. The second kappa shape index (κ2) is 8.07. The average molecular weight is 362 g/mol. The fraction of sp³-hybridized carbons (Fsp3) is 0.500. The fourth-order valence-electron chi connectivity index (χ4n) is 2.42. The Bertz CT molecular complexity index is 618. The Morgan fingerprint density at radius 3 is 2.48 bits per heavy atom. The monoisotopic (exact) mass is 361 g/mol. The standard InChI is InChI=1S/C14H20ClN3O4S/c15-13-6-8-17(9-7-13)23(21,22)18(11-14(19)16-20)10-12-4-2-1-3-5-12/h1-5,13,20H,6-11H2,(H,16,19). The van der Waals surface area contributed by atoms with Crippen molar-refractivity contribution in [2.75, 3.05) is 19.6 Å². The van der Waals surface area contributed by atoms with Crippen LogP contribution in [0.4, 0.5) is 0 Å². The molecule has 1 saturated heterocycles. The highest BCUT2D eigenvalue weighted by Gasteiger charge is 2.33. The smallest absolute Gasteiger partial charge is 0.282 e. The van der Waals surface area contributed by atoms with Gasteiger partial charge in [0, 0.05) is 25.0 Å². The molecule has 2 rings (SSSR count). The summed E-state index contributed by atoms with van der Waals surface area (Å²) < 4.78 is 28.0. The first-order chi connectivity index (χ1) is 10.9. The van der Waals surface area contributed by atoms with E-state index in [1.807, 2.05) is 6.07 Å². The molecule has 1 fully saturated rings. The Kier molecular flexibility index (Phi) is 6.37. The lowest BCUT2D eigenvalue weighted by molar-refractivity contribution is -0.129. The van der Waals surface area contributed by atoms with E-state index in [1.54, 1.807) is 24.3 Å². The number of piperidine rings is 1. The van der Waals surface area contributed by atoms with E-state index in [4.69, 9.17) is 16.8 Å². The van der Waals surface area contributed by atoms with Crippen LogP contribution in [0.2, 0.25) is 0 Å². The van der Waals surface area contributed by atoms with Crippen molar-refractivity contribution in [2.45, 2.75) is 24.8 Å². The Morgan fingerprint density at radius 2 is 1.91 bits per heavy atom. The number of hydrogen-bond donors (Lipinski definition) is 2. The van der Waals surface area contributed by atoms with Gasteiger partial charge in [0.25, 0.3) is 16.1 Å². The molecular weight excluding hydrogens is 342 g/mol. The summed E-state index contributed by atoms with van der Waals surface area (Å²) in [6, 6.07) is 8.99. The summed E-state index contributed by atoms with van der Waals surface area (Å²) in [7, 11) is -3.81. The van der Waals surface area contributed by atoms with Crippen LogP contribution in [0.15, 0.2) is 30.3 Å². The molecule has 1 heterocycles. The predicted octanol–water partition coefficient (Wildman–Crippen LogP) is 0.942. The molecule has 0 aliphatic carbocycles. The summed E-state index contributed by atoms with van der Waals surface area (Å²) >= 11 is 6.02. The van der Waals surface area contributed by atoms with Gasteiger partial charge < -0.3 is 0 Å². The molecule has 23 heavy (non-hydrogen) atoms. The molecule has 7 nitrogen and oxygen atoms in total.